The van der Waals surface area contributed by atoms with E-state index in [1.165, 1.54) is 6.07 Å². The molecule has 0 atom stereocenters. The molecule has 6 nitrogen and oxygen atoms in total. The minimum absolute atomic E-state index is 0. The fraction of sp³-hybridized carbons (Fsp3) is 0.550. The summed E-state index contributed by atoms with van der Waals surface area (Å²) in [7, 11) is 1.94. The van der Waals surface area contributed by atoms with Crippen molar-refractivity contribution in [3.05, 3.63) is 47.3 Å². The molecule has 0 aliphatic rings. The van der Waals surface area contributed by atoms with E-state index in [0.717, 1.165) is 41.9 Å². The van der Waals surface area contributed by atoms with E-state index >= 15 is 0 Å². The molecule has 1 aromatic heterocycles. The Balaban J connectivity index is 0.00000420. The maximum atomic E-state index is 13.6. The van der Waals surface area contributed by atoms with E-state index in [1.54, 1.807) is 12.1 Å². The number of guanidine groups is 1. The molecule has 0 radical (unpaired) electrons. The summed E-state index contributed by atoms with van der Waals surface area (Å²) >= 11 is 1.83. The first-order valence-electron chi connectivity index (χ1n) is 9.45. The van der Waals surface area contributed by atoms with Crippen molar-refractivity contribution in [2.24, 2.45) is 12.0 Å². The molecule has 0 unspecified atom stereocenters. The lowest BCUT2D eigenvalue weighted by molar-refractivity contribution is 0.502. The molecular weight excluding hydrogens is 502 g/mol. The average molecular weight is 534 g/mol. The third-order valence-corrected chi connectivity index (χ3v) is 5.38. The molecule has 9 heteroatoms. The molecule has 2 N–H and O–H groups in total. The van der Waals surface area contributed by atoms with E-state index in [9.17, 15) is 4.39 Å². The predicted molar refractivity (Wildman–Crippen MR) is 131 cm³/mol. The van der Waals surface area contributed by atoms with Crippen LogP contribution >= 0.6 is 35.7 Å². The Kier molecular flexibility index (Phi) is 10.9. The van der Waals surface area contributed by atoms with Crippen LogP contribution in [-0.4, -0.2) is 45.8 Å². The summed E-state index contributed by atoms with van der Waals surface area (Å²) in [5.74, 6) is 3.28. The number of aliphatic imine (C=N–C) groups is 1. The molecule has 162 valence electrons. The maximum Gasteiger partial charge on any atom is 0.191 e. The minimum Gasteiger partial charge on any atom is -0.356 e. The summed E-state index contributed by atoms with van der Waals surface area (Å²) in [6.45, 7) is 8.00. The van der Waals surface area contributed by atoms with E-state index in [0.29, 0.717) is 13.1 Å². The largest absolute Gasteiger partial charge is 0.356 e. The first-order valence-corrected chi connectivity index (χ1v) is 10.8. The molecule has 0 bridgehead atoms. The second-order valence-electron chi connectivity index (χ2n) is 7.41. The highest BCUT2D eigenvalue weighted by molar-refractivity contribution is 14.0. The molecule has 2 aromatic rings. The predicted octanol–water partition coefficient (Wildman–Crippen LogP) is 3.65. The van der Waals surface area contributed by atoms with Crippen molar-refractivity contribution in [3.8, 4) is 0 Å². The normalized spacial score (nSPS) is 11.9. The highest BCUT2D eigenvalue weighted by Gasteiger charge is 2.21. The number of aryl methyl sites for hydroxylation is 1. The van der Waals surface area contributed by atoms with Gasteiger partial charge in [-0.3, -0.25) is 0 Å². The molecule has 1 heterocycles. The molecular formula is C20H32FIN6S. The van der Waals surface area contributed by atoms with Gasteiger partial charge in [-0.05, 0) is 43.0 Å². The van der Waals surface area contributed by atoms with E-state index in [1.807, 2.05) is 36.4 Å². The number of hydrogen-bond donors (Lipinski definition) is 2. The van der Waals surface area contributed by atoms with Gasteiger partial charge in [0, 0.05) is 25.6 Å². The summed E-state index contributed by atoms with van der Waals surface area (Å²) < 4.78 is 15.5. The van der Waals surface area contributed by atoms with E-state index in [4.69, 9.17) is 0 Å². The van der Waals surface area contributed by atoms with Gasteiger partial charge in [0.05, 0.1) is 0 Å². The molecule has 0 spiro atoms. The van der Waals surface area contributed by atoms with Crippen molar-refractivity contribution in [2.75, 3.05) is 25.1 Å². The Bertz CT molecular complexity index is 793. The van der Waals surface area contributed by atoms with Crippen LogP contribution in [0.5, 0.6) is 0 Å². The second kappa shape index (κ2) is 12.4. The third-order valence-electron chi connectivity index (χ3n) is 4.68. The lowest BCUT2D eigenvalue weighted by Crippen LogP contribution is -2.44. The summed E-state index contributed by atoms with van der Waals surface area (Å²) in [5.41, 5.74) is 0.705. The summed E-state index contributed by atoms with van der Waals surface area (Å²) in [6, 6.07) is 6.76. The molecule has 0 saturated heterocycles. The maximum absolute atomic E-state index is 13.6. The minimum atomic E-state index is -0.245. The van der Waals surface area contributed by atoms with Crippen LogP contribution < -0.4 is 10.6 Å². The highest BCUT2D eigenvalue weighted by Crippen LogP contribution is 2.22. The molecule has 2 rings (SSSR count). The third kappa shape index (κ3) is 8.12. The van der Waals surface area contributed by atoms with E-state index in [-0.39, 0.29) is 35.2 Å². The van der Waals surface area contributed by atoms with Crippen molar-refractivity contribution < 1.29 is 4.39 Å². The van der Waals surface area contributed by atoms with E-state index in [2.05, 4.69) is 45.9 Å². The lowest BCUT2D eigenvalue weighted by Gasteiger charge is -2.27. The monoisotopic (exact) mass is 534 g/mol. The Labute approximate surface area is 194 Å². The number of thioether (sulfide) groups is 1. The van der Waals surface area contributed by atoms with Crippen LogP contribution in [0.1, 0.15) is 37.5 Å². The van der Waals surface area contributed by atoms with Crippen molar-refractivity contribution in [1.29, 1.82) is 0 Å². The van der Waals surface area contributed by atoms with Gasteiger partial charge in [0.1, 0.15) is 18.2 Å². The van der Waals surface area contributed by atoms with Crippen LogP contribution in [0.4, 0.5) is 4.39 Å². The Morgan fingerprint density at radius 2 is 2.03 bits per heavy atom. The van der Waals surface area contributed by atoms with Crippen LogP contribution in [0.3, 0.4) is 0 Å². The van der Waals surface area contributed by atoms with Gasteiger partial charge >= 0.3 is 0 Å². The average Bonchev–Trinajstić information content (AvgIpc) is 2.98. The smallest absolute Gasteiger partial charge is 0.191 e. The fourth-order valence-electron chi connectivity index (χ4n) is 2.65. The van der Waals surface area contributed by atoms with Gasteiger partial charge < -0.3 is 15.2 Å². The first kappa shape index (κ1) is 25.7. The molecule has 0 aliphatic carbocycles. The topological polar surface area (TPSA) is 67.1 Å². The van der Waals surface area contributed by atoms with Gasteiger partial charge in [-0.25, -0.2) is 9.38 Å². The van der Waals surface area contributed by atoms with Gasteiger partial charge in [-0.1, -0.05) is 26.0 Å². The number of benzene rings is 1. The molecule has 0 saturated carbocycles. The number of hydrogen-bond acceptors (Lipinski definition) is 4. The summed E-state index contributed by atoms with van der Waals surface area (Å²) in [5, 5.41) is 15.0. The molecule has 0 amide bonds. The zero-order chi connectivity index (χ0) is 20.6. The number of rotatable bonds is 9. The van der Waals surface area contributed by atoms with Crippen molar-refractivity contribution in [1.82, 2.24) is 25.4 Å². The standard InChI is InChI=1S/C20H31FN6S.HI/c1-15-25-26-18(27(15)4)13-23-19(22-10-7-11-28-5)24-14-20(2,3)16-8-6-9-17(21)12-16;/h6,8-9,12H,7,10-11,13-14H2,1-5H3,(H2,22,23,24);1H. The van der Waals surface area contributed by atoms with E-state index < -0.39 is 0 Å². The van der Waals surface area contributed by atoms with Crippen LogP contribution in [-0.2, 0) is 19.0 Å². The lowest BCUT2D eigenvalue weighted by atomic mass is 9.84. The zero-order valence-corrected chi connectivity index (χ0v) is 21.0. The number of aromatic nitrogens is 3. The van der Waals surface area contributed by atoms with Gasteiger partial charge in [0.2, 0.25) is 0 Å². The van der Waals surface area contributed by atoms with Gasteiger partial charge in [0.25, 0.3) is 0 Å². The highest BCUT2D eigenvalue weighted by atomic mass is 127. The van der Waals surface area contributed by atoms with Crippen LogP contribution in [0.2, 0.25) is 0 Å². The van der Waals surface area contributed by atoms with Gasteiger partial charge in [-0.2, -0.15) is 11.8 Å². The molecule has 29 heavy (non-hydrogen) atoms. The molecule has 1 aromatic carbocycles. The van der Waals surface area contributed by atoms with Gasteiger partial charge in [-0.15, -0.1) is 34.2 Å². The Hall–Kier alpha value is -1.36. The summed E-state index contributed by atoms with van der Waals surface area (Å²) in [4.78, 5) is 4.67. The number of nitrogens with zero attached hydrogens (tertiary/aromatic N) is 4. The quantitative estimate of drug-likeness (QED) is 0.223. The fourth-order valence-corrected chi connectivity index (χ4v) is 3.09. The molecule has 0 fully saturated rings. The first-order chi connectivity index (χ1) is 13.3. The van der Waals surface area contributed by atoms with Crippen LogP contribution in [0.25, 0.3) is 0 Å². The second-order valence-corrected chi connectivity index (χ2v) is 8.39. The van der Waals surface area contributed by atoms with Crippen LogP contribution in [0.15, 0.2) is 29.3 Å². The SMILES string of the molecule is CSCCCNC(=NCc1nnc(C)n1C)NCC(C)(C)c1cccc(F)c1.I. The van der Waals surface area contributed by atoms with Crippen molar-refractivity contribution in [2.45, 2.75) is 39.2 Å². The Morgan fingerprint density at radius 3 is 2.66 bits per heavy atom. The zero-order valence-electron chi connectivity index (χ0n) is 17.8. The van der Waals surface area contributed by atoms with Crippen molar-refractivity contribution >= 4 is 41.7 Å². The van der Waals surface area contributed by atoms with Crippen LogP contribution in [0, 0.1) is 12.7 Å². The van der Waals surface area contributed by atoms with Crippen molar-refractivity contribution in [3.63, 3.8) is 0 Å². The summed E-state index contributed by atoms with van der Waals surface area (Å²) in [6.07, 6.45) is 3.16. The molecule has 0 aliphatic heterocycles. The number of halogens is 2. The number of nitrogens with one attached hydrogen (secondary N) is 2. The Morgan fingerprint density at radius 1 is 1.28 bits per heavy atom. The van der Waals surface area contributed by atoms with Gasteiger partial charge in [0.15, 0.2) is 11.8 Å².